The highest BCUT2D eigenvalue weighted by Crippen LogP contribution is 2.34. The van der Waals surface area contributed by atoms with Crippen molar-refractivity contribution in [1.82, 2.24) is 0 Å². The van der Waals surface area contributed by atoms with Crippen LogP contribution in [-0.2, 0) is 9.59 Å². The average Bonchev–Trinajstić information content (AvgIpc) is 2.96. The number of nitrogens with zero attached hydrogens (tertiary/aromatic N) is 1. The Kier molecular flexibility index (Phi) is 5.02. The molecule has 3 rings (SSSR count). The summed E-state index contributed by atoms with van der Waals surface area (Å²) in [5.74, 6) is -0.603. The van der Waals surface area contributed by atoms with E-state index in [-0.39, 0.29) is 18.9 Å². The van der Waals surface area contributed by atoms with E-state index >= 15 is 0 Å². The Morgan fingerprint density at radius 2 is 1.96 bits per heavy atom. The summed E-state index contributed by atoms with van der Waals surface area (Å²) in [5, 5.41) is 0.898. The second-order valence-corrected chi connectivity index (χ2v) is 6.96. The van der Waals surface area contributed by atoms with Gasteiger partial charge in [-0.3, -0.25) is 9.59 Å². The summed E-state index contributed by atoms with van der Waals surface area (Å²) in [6, 6.07) is 10.5. The van der Waals surface area contributed by atoms with Crippen molar-refractivity contribution in [3.05, 3.63) is 57.6 Å². The van der Waals surface area contributed by atoms with Crippen molar-refractivity contribution in [2.75, 3.05) is 11.4 Å². The number of rotatable bonds is 3. The molecule has 1 fully saturated rings. The Morgan fingerprint density at radius 3 is 2.72 bits per heavy atom. The highest BCUT2D eigenvalue weighted by Gasteiger charge is 2.37. The molecule has 2 aromatic rings. The zero-order chi connectivity index (χ0) is 18.1. The molecule has 1 aliphatic heterocycles. The van der Waals surface area contributed by atoms with Crippen LogP contribution in [0.4, 0.5) is 5.69 Å². The molecule has 0 aromatic heterocycles. The fraction of sp³-hybridized carbons (Fsp3) is 0.263. The Bertz CT molecular complexity index is 851. The fourth-order valence-corrected chi connectivity index (χ4v) is 3.20. The molecule has 25 heavy (non-hydrogen) atoms. The monoisotopic (exact) mass is 377 g/mol. The lowest BCUT2D eigenvalue weighted by Crippen LogP contribution is -2.27. The van der Waals surface area contributed by atoms with Gasteiger partial charge in [0.2, 0.25) is 5.91 Å². The second kappa shape index (κ2) is 7.06. The lowest BCUT2D eigenvalue weighted by Gasteiger charge is -2.18. The first-order valence-electron chi connectivity index (χ1n) is 7.90. The molecule has 1 amide bonds. The zero-order valence-corrected chi connectivity index (χ0v) is 15.4. The van der Waals surface area contributed by atoms with Crippen LogP contribution in [0.25, 0.3) is 0 Å². The molecule has 0 saturated carbocycles. The summed E-state index contributed by atoms with van der Waals surface area (Å²) in [6.07, 6.45) is 0.0898. The SMILES string of the molecule is Cc1cccc(OC(=O)[C@@H]2CC(=O)N(c3cc(Cl)ccc3Cl)C2)c1C. The minimum absolute atomic E-state index is 0.0898. The smallest absolute Gasteiger partial charge is 0.316 e. The van der Waals surface area contributed by atoms with Crippen LogP contribution in [0.1, 0.15) is 17.5 Å². The summed E-state index contributed by atoms with van der Waals surface area (Å²) < 4.78 is 5.52. The van der Waals surface area contributed by atoms with Crippen molar-refractivity contribution in [3.63, 3.8) is 0 Å². The van der Waals surface area contributed by atoms with Gasteiger partial charge in [-0.05, 0) is 49.2 Å². The molecule has 0 aliphatic carbocycles. The van der Waals surface area contributed by atoms with E-state index < -0.39 is 11.9 Å². The Balaban J connectivity index is 1.77. The molecule has 130 valence electrons. The molecule has 1 aliphatic rings. The van der Waals surface area contributed by atoms with E-state index in [1.165, 1.54) is 4.90 Å². The van der Waals surface area contributed by atoms with Crippen molar-refractivity contribution in [2.45, 2.75) is 20.3 Å². The summed E-state index contributed by atoms with van der Waals surface area (Å²) in [4.78, 5) is 26.3. The summed E-state index contributed by atoms with van der Waals surface area (Å²) in [5.41, 5.74) is 2.47. The lowest BCUT2D eigenvalue weighted by atomic mass is 10.1. The topological polar surface area (TPSA) is 46.6 Å². The first-order valence-corrected chi connectivity index (χ1v) is 8.65. The summed E-state index contributed by atoms with van der Waals surface area (Å²) in [7, 11) is 0. The number of ether oxygens (including phenoxy) is 1. The number of hydrogen-bond acceptors (Lipinski definition) is 3. The molecule has 6 heteroatoms. The first-order chi connectivity index (χ1) is 11.9. The van der Waals surface area contributed by atoms with Gasteiger partial charge in [0, 0.05) is 18.0 Å². The molecular weight excluding hydrogens is 361 g/mol. The van der Waals surface area contributed by atoms with Gasteiger partial charge in [0.05, 0.1) is 16.6 Å². The Morgan fingerprint density at radius 1 is 1.20 bits per heavy atom. The lowest BCUT2D eigenvalue weighted by molar-refractivity contribution is -0.139. The minimum Gasteiger partial charge on any atom is -0.426 e. The number of aryl methyl sites for hydroxylation is 1. The highest BCUT2D eigenvalue weighted by atomic mass is 35.5. The van der Waals surface area contributed by atoms with Gasteiger partial charge in [-0.2, -0.15) is 0 Å². The van der Waals surface area contributed by atoms with Crippen LogP contribution in [0.5, 0.6) is 5.75 Å². The van der Waals surface area contributed by atoms with Gasteiger partial charge in [0.15, 0.2) is 0 Å². The van der Waals surface area contributed by atoms with Gasteiger partial charge in [-0.25, -0.2) is 0 Å². The number of benzene rings is 2. The quantitative estimate of drug-likeness (QED) is 0.581. The molecule has 0 unspecified atom stereocenters. The molecule has 1 saturated heterocycles. The van der Waals surface area contributed by atoms with Crippen LogP contribution in [0.15, 0.2) is 36.4 Å². The predicted molar refractivity (Wildman–Crippen MR) is 98.5 cm³/mol. The van der Waals surface area contributed by atoms with Gasteiger partial charge in [-0.15, -0.1) is 0 Å². The molecule has 0 radical (unpaired) electrons. The highest BCUT2D eigenvalue weighted by molar-refractivity contribution is 6.35. The maximum Gasteiger partial charge on any atom is 0.316 e. The maximum absolute atomic E-state index is 12.5. The van der Waals surface area contributed by atoms with Gasteiger partial charge in [-0.1, -0.05) is 35.3 Å². The first kappa shape index (κ1) is 17.8. The van der Waals surface area contributed by atoms with Gasteiger partial charge < -0.3 is 9.64 Å². The Hall–Kier alpha value is -2.04. The number of amides is 1. The molecule has 2 aromatic carbocycles. The molecule has 4 nitrogen and oxygen atoms in total. The molecule has 0 spiro atoms. The number of halogens is 2. The molecule has 0 N–H and O–H groups in total. The van der Waals surface area contributed by atoms with E-state index in [1.54, 1.807) is 24.3 Å². The largest absolute Gasteiger partial charge is 0.426 e. The van der Waals surface area contributed by atoms with Gasteiger partial charge >= 0.3 is 5.97 Å². The summed E-state index contributed by atoms with van der Waals surface area (Å²) in [6.45, 7) is 4.08. The van der Waals surface area contributed by atoms with Crippen molar-refractivity contribution in [3.8, 4) is 5.75 Å². The van der Waals surface area contributed by atoms with Crippen LogP contribution in [0.3, 0.4) is 0 Å². The molecule has 1 atom stereocenters. The van der Waals surface area contributed by atoms with E-state index in [2.05, 4.69) is 0 Å². The standard InChI is InChI=1S/C19H17Cl2NO3/c1-11-4-3-5-17(12(11)2)25-19(24)13-8-18(23)22(10-13)16-9-14(20)6-7-15(16)21/h3-7,9,13H,8,10H2,1-2H3/t13-/m1/s1. The van der Waals surface area contributed by atoms with Crippen molar-refractivity contribution in [2.24, 2.45) is 5.92 Å². The van der Waals surface area contributed by atoms with Gasteiger partial charge in [0.25, 0.3) is 0 Å². The van der Waals surface area contributed by atoms with E-state index in [0.717, 1.165) is 11.1 Å². The second-order valence-electron chi connectivity index (χ2n) is 6.12. The number of hydrogen-bond donors (Lipinski definition) is 0. The average molecular weight is 378 g/mol. The van der Waals surface area contributed by atoms with Crippen LogP contribution >= 0.6 is 23.2 Å². The van der Waals surface area contributed by atoms with E-state index in [4.69, 9.17) is 27.9 Å². The third-order valence-corrected chi connectivity index (χ3v) is 4.98. The van der Waals surface area contributed by atoms with Crippen molar-refractivity contribution in [1.29, 1.82) is 0 Å². The van der Waals surface area contributed by atoms with Crippen molar-refractivity contribution < 1.29 is 14.3 Å². The number of carbonyl (C=O) groups excluding carboxylic acids is 2. The number of carbonyl (C=O) groups is 2. The fourth-order valence-electron chi connectivity index (χ4n) is 2.82. The third-order valence-electron chi connectivity index (χ3n) is 4.42. The molecular formula is C19H17Cl2NO3. The van der Waals surface area contributed by atoms with E-state index in [0.29, 0.717) is 21.5 Å². The summed E-state index contributed by atoms with van der Waals surface area (Å²) >= 11 is 12.2. The number of anilines is 1. The zero-order valence-electron chi connectivity index (χ0n) is 13.9. The minimum atomic E-state index is -0.539. The van der Waals surface area contributed by atoms with Crippen LogP contribution in [-0.4, -0.2) is 18.4 Å². The van der Waals surface area contributed by atoms with Crippen molar-refractivity contribution >= 4 is 40.8 Å². The van der Waals surface area contributed by atoms with Gasteiger partial charge in [0.1, 0.15) is 5.75 Å². The van der Waals surface area contributed by atoms with Crippen LogP contribution < -0.4 is 9.64 Å². The van der Waals surface area contributed by atoms with Crippen LogP contribution in [0.2, 0.25) is 10.0 Å². The molecule has 1 heterocycles. The molecule has 0 bridgehead atoms. The normalized spacial score (nSPS) is 17.0. The number of esters is 1. The van der Waals surface area contributed by atoms with Crippen LogP contribution in [0, 0.1) is 19.8 Å². The third kappa shape index (κ3) is 3.65. The van der Waals surface area contributed by atoms with E-state index in [9.17, 15) is 9.59 Å². The maximum atomic E-state index is 12.5. The van der Waals surface area contributed by atoms with E-state index in [1.807, 2.05) is 26.0 Å². The Labute approximate surface area is 156 Å². The predicted octanol–water partition coefficient (Wildman–Crippen LogP) is 4.57.